The average molecular weight is 216 g/mol. The van der Waals surface area contributed by atoms with Gasteiger partial charge in [-0.1, -0.05) is 11.6 Å². The van der Waals surface area contributed by atoms with E-state index in [1.54, 1.807) is 26.9 Å². The van der Waals surface area contributed by atoms with Crippen molar-refractivity contribution in [3.8, 4) is 0 Å². The van der Waals surface area contributed by atoms with E-state index >= 15 is 0 Å². The summed E-state index contributed by atoms with van der Waals surface area (Å²) in [5.41, 5.74) is 1.74. The van der Waals surface area contributed by atoms with Gasteiger partial charge in [0.2, 0.25) is 0 Å². The summed E-state index contributed by atoms with van der Waals surface area (Å²) in [7, 11) is 3.05. The molecule has 2 bridgehead atoms. The Morgan fingerprint density at radius 2 is 1.86 bits per heavy atom. The molecule has 2 rings (SSSR count). The first-order chi connectivity index (χ1) is 6.80. The third-order valence-corrected chi connectivity index (χ3v) is 3.90. The summed E-state index contributed by atoms with van der Waals surface area (Å²) in [4.78, 5) is 0. The third-order valence-electron chi connectivity index (χ3n) is 2.74. The number of hydrogen-bond donors (Lipinski definition) is 0. The molecule has 0 aliphatic heterocycles. The molecule has 1 unspecified atom stereocenters. The van der Waals surface area contributed by atoms with Crippen LogP contribution < -0.4 is 0 Å². The van der Waals surface area contributed by atoms with Crippen LogP contribution in [0.4, 0.5) is 0 Å². The summed E-state index contributed by atoms with van der Waals surface area (Å²) in [6.07, 6.45) is 8.18. The van der Waals surface area contributed by atoms with Crippen LogP contribution in [-0.2, 0) is 13.3 Å². The lowest BCUT2D eigenvalue weighted by Crippen LogP contribution is -2.21. The standard InChI is InChI=1S/C7H10.C3H10O3Si/c1-2-7-4-3-6(1)5-7;1-4-7(5-2)6-3/h1,7H,2-5H2;7H,1-3H3. The smallest absolute Gasteiger partial charge is 0.379 e. The van der Waals surface area contributed by atoms with Gasteiger partial charge < -0.3 is 13.3 Å². The molecule has 0 N–H and O–H groups in total. The minimum atomic E-state index is -1.67. The topological polar surface area (TPSA) is 27.7 Å². The van der Waals surface area contributed by atoms with Crippen LogP contribution in [0.3, 0.4) is 0 Å². The first kappa shape index (κ1) is 11.9. The van der Waals surface area contributed by atoms with Crippen LogP contribution in [0, 0.1) is 5.92 Å². The number of rotatable bonds is 3. The van der Waals surface area contributed by atoms with Gasteiger partial charge in [-0.15, -0.1) is 0 Å². The van der Waals surface area contributed by atoms with Gasteiger partial charge in [-0.2, -0.15) is 0 Å². The first-order valence-electron chi connectivity index (χ1n) is 5.06. The zero-order valence-electron chi connectivity index (χ0n) is 9.29. The quantitative estimate of drug-likeness (QED) is 0.531. The van der Waals surface area contributed by atoms with E-state index in [2.05, 4.69) is 6.08 Å². The Labute approximate surface area is 88.0 Å². The van der Waals surface area contributed by atoms with Gasteiger partial charge in [0.25, 0.3) is 0 Å². The number of fused-ring (bicyclic) bond motifs is 2. The molecule has 1 atom stereocenters. The van der Waals surface area contributed by atoms with Crippen LogP contribution in [0.2, 0.25) is 0 Å². The van der Waals surface area contributed by atoms with Crippen molar-refractivity contribution < 1.29 is 13.3 Å². The highest BCUT2D eigenvalue weighted by Gasteiger charge is 2.22. The van der Waals surface area contributed by atoms with Gasteiger partial charge in [0.1, 0.15) is 0 Å². The van der Waals surface area contributed by atoms with E-state index < -0.39 is 9.53 Å². The van der Waals surface area contributed by atoms with Crippen molar-refractivity contribution >= 4 is 9.53 Å². The van der Waals surface area contributed by atoms with E-state index in [1.807, 2.05) is 0 Å². The normalized spacial score (nSPS) is 23.4. The molecule has 0 aromatic heterocycles. The minimum absolute atomic E-state index is 1.08. The van der Waals surface area contributed by atoms with Gasteiger partial charge in [0.05, 0.1) is 0 Å². The van der Waals surface area contributed by atoms with Crippen LogP contribution in [0.15, 0.2) is 11.6 Å². The highest BCUT2D eigenvalue weighted by atomic mass is 28.3. The lowest BCUT2D eigenvalue weighted by Gasteiger charge is -2.05. The Hall–Kier alpha value is -0.163. The zero-order valence-corrected chi connectivity index (χ0v) is 10.4. The Morgan fingerprint density at radius 3 is 1.93 bits per heavy atom. The van der Waals surface area contributed by atoms with Gasteiger partial charge in [0.15, 0.2) is 0 Å². The molecular weight excluding hydrogens is 196 g/mol. The molecular formula is C10H20O3Si. The second kappa shape index (κ2) is 6.34. The van der Waals surface area contributed by atoms with Crippen LogP contribution in [0.5, 0.6) is 0 Å². The van der Waals surface area contributed by atoms with Gasteiger partial charge in [-0.25, -0.2) is 0 Å². The van der Waals surface area contributed by atoms with Crippen molar-refractivity contribution in [3.05, 3.63) is 11.6 Å². The Balaban J connectivity index is 0.000000140. The van der Waals surface area contributed by atoms with Crippen molar-refractivity contribution in [2.24, 2.45) is 5.92 Å². The lowest BCUT2D eigenvalue weighted by molar-refractivity contribution is 0.163. The molecule has 0 aromatic rings. The first-order valence-corrected chi connectivity index (χ1v) is 6.47. The molecule has 1 saturated carbocycles. The Bertz CT molecular complexity index is 184. The lowest BCUT2D eigenvalue weighted by atomic mass is 10.1. The maximum absolute atomic E-state index is 4.74. The summed E-state index contributed by atoms with van der Waals surface area (Å²) in [5.74, 6) is 1.08. The molecule has 0 aromatic carbocycles. The molecule has 0 saturated heterocycles. The third kappa shape index (κ3) is 3.53. The fourth-order valence-electron chi connectivity index (χ4n) is 1.97. The van der Waals surface area contributed by atoms with E-state index in [9.17, 15) is 0 Å². The van der Waals surface area contributed by atoms with Gasteiger partial charge >= 0.3 is 9.53 Å². The maximum atomic E-state index is 4.74. The van der Waals surface area contributed by atoms with Crippen LogP contribution in [0.1, 0.15) is 25.7 Å². The predicted molar refractivity (Wildman–Crippen MR) is 58.2 cm³/mol. The van der Waals surface area contributed by atoms with Gasteiger partial charge in [-0.3, -0.25) is 0 Å². The fraction of sp³-hybridized carbons (Fsp3) is 0.800. The fourth-order valence-corrected chi connectivity index (χ4v) is 2.55. The van der Waals surface area contributed by atoms with Gasteiger partial charge in [0, 0.05) is 21.3 Å². The largest absolute Gasteiger partial charge is 0.483 e. The molecule has 0 amide bonds. The van der Waals surface area contributed by atoms with Crippen molar-refractivity contribution in [3.63, 3.8) is 0 Å². The van der Waals surface area contributed by atoms with E-state index in [1.165, 1.54) is 25.7 Å². The summed E-state index contributed by atoms with van der Waals surface area (Å²) in [5, 5.41) is 0. The molecule has 14 heavy (non-hydrogen) atoms. The van der Waals surface area contributed by atoms with Crippen LogP contribution in [0.25, 0.3) is 0 Å². The predicted octanol–water partition coefficient (Wildman–Crippen LogP) is 1.76. The number of allylic oxidation sites excluding steroid dienone is 2. The van der Waals surface area contributed by atoms with Crippen molar-refractivity contribution in [2.75, 3.05) is 21.3 Å². The molecule has 82 valence electrons. The zero-order chi connectivity index (χ0) is 10.4. The Kier molecular flexibility index (Phi) is 5.40. The molecule has 4 heteroatoms. The maximum Gasteiger partial charge on any atom is 0.483 e. The van der Waals surface area contributed by atoms with E-state index in [0.717, 1.165) is 5.92 Å². The molecule has 3 nitrogen and oxygen atoms in total. The monoisotopic (exact) mass is 216 g/mol. The molecule has 2 aliphatic rings. The van der Waals surface area contributed by atoms with Crippen LogP contribution >= 0.6 is 0 Å². The summed E-state index contributed by atoms with van der Waals surface area (Å²) >= 11 is 0. The second-order valence-corrected chi connectivity index (χ2v) is 5.69. The molecule has 0 heterocycles. The van der Waals surface area contributed by atoms with Crippen molar-refractivity contribution in [1.82, 2.24) is 0 Å². The van der Waals surface area contributed by atoms with E-state index in [0.29, 0.717) is 0 Å². The van der Waals surface area contributed by atoms with Crippen LogP contribution in [-0.4, -0.2) is 30.9 Å². The highest BCUT2D eigenvalue weighted by molar-refractivity contribution is 6.36. The molecule has 0 radical (unpaired) electrons. The summed E-state index contributed by atoms with van der Waals surface area (Å²) in [6, 6.07) is 0. The van der Waals surface area contributed by atoms with Gasteiger partial charge in [-0.05, 0) is 31.6 Å². The molecule has 0 spiro atoms. The van der Waals surface area contributed by atoms with E-state index in [-0.39, 0.29) is 0 Å². The minimum Gasteiger partial charge on any atom is -0.379 e. The van der Waals surface area contributed by atoms with Crippen molar-refractivity contribution in [2.45, 2.75) is 25.7 Å². The molecule has 1 fully saturated rings. The van der Waals surface area contributed by atoms with Crippen molar-refractivity contribution in [1.29, 1.82) is 0 Å². The van der Waals surface area contributed by atoms with E-state index in [4.69, 9.17) is 13.3 Å². The second-order valence-electron chi connectivity index (χ2n) is 3.70. The Morgan fingerprint density at radius 1 is 1.21 bits per heavy atom. The summed E-state index contributed by atoms with van der Waals surface area (Å²) in [6.45, 7) is 0. The molecule has 2 aliphatic carbocycles. The SMILES string of the molecule is C1=C2CCC(C1)C2.CO[SiH](OC)OC. The summed E-state index contributed by atoms with van der Waals surface area (Å²) < 4.78 is 14.2. The average Bonchev–Trinajstić information content (AvgIpc) is 2.85. The number of hydrogen-bond acceptors (Lipinski definition) is 3. The highest BCUT2D eigenvalue weighted by Crippen LogP contribution is 2.38.